The van der Waals surface area contributed by atoms with E-state index in [9.17, 15) is 24.3 Å². The predicted octanol–water partition coefficient (Wildman–Crippen LogP) is 2.20. The highest BCUT2D eigenvalue weighted by atomic mass is 16.7. The lowest BCUT2D eigenvalue weighted by molar-refractivity contribution is -0.144. The fraction of sp³-hybridized carbons (Fsp3) is 0.500. The Bertz CT molecular complexity index is 805. The van der Waals surface area contributed by atoms with Crippen LogP contribution in [0.1, 0.15) is 46.6 Å². The summed E-state index contributed by atoms with van der Waals surface area (Å²) in [5, 5.41) is 9.66. The van der Waals surface area contributed by atoms with Gasteiger partial charge in [-0.1, -0.05) is 6.07 Å². The minimum absolute atomic E-state index is 0.00697. The molecule has 0 aromatic heterocycles. The first-order valence-electron chi connectivity index (χ1n) is 9.21. The van der Waals surface area contributed by atoms with Gasteiger partial charge >= 0.3 is 24.1 Å². The summed E-state index contributed by atoms with van der Waals surface area (Å²) >= 11 is 0. The van der Waals surface area contributed by atoms with Crippen molar-refractivity contribution in [3.63, 3.8) is 0 Å². The van der Waals surface area contributed by atoms with Gasteiger partial charge < -0.3 is 29.8 Å². The second kappa shape index (κ2) is 10.6. The fourth-order valence-corrected chi connectivity index (χ4v) is 2.67. The van der Waals surface area contributed by atoms with Crippen LogP contribution in [0.25, 0.3) is 0 Å². The molecule has 10 heteroatoms. The van der Waals surface area contributed by atoms with Gasteiger partial charge in [0, 0.05) is 26.7 Å². The van der Waals surface area contributed by atoms with E-state index < -0.39 is 35.7 Å². The molecule has 1 unspecified atom stereocenters. The topological polar surface area (TPSA) is 151 Å². The van der Waals surface area contributed by atoms with Gasteiger partial charge in [-0.3, -0.25) is 14.4 Å². The van der Waals surface area contributed by atoms with Gasteiger partial charge in [0.1, 0.15) is 11.6 Å². The zero-order valence-electron chi connectivity index (χ0n) is 17.6. The lowest BCUT2D eigenvalue weighted by Gasteiger charge is -2.28. The number of ether oxygens (including phenoxy) is 4. The van der Waals surface area contributed by atoms with Gasteiger partial charge in [-0.15, -0.1) is 0 Å². The summed E-state index contributed by atoms with van der Waals surface area (Å²) in [6, 6.07) is 4.23. The summed E-state index contributed by atoms with van der Waals surface area (Å²) in [6.07, 6.45) is -2.53. The normalized spacial score (nSPS) is 13.7. The summed E-state index contributed by atoms with van der Waals surface area (Å²) in [5.41, 5.74) is 4.70. The highest BCUT2D eigenvalue weighted by Gasteiger charge is 2.37. The molecule has 1 rings (SSSR count). The molecule has 0 aliphatic heterocycles. The molecule has 1 aromatic carbocycles. The Morgan fingerprint density at radius 2 is 1.57 bits per heavy atom. The molecule has 0 fully saturated rings. The second-order valence-corrected chi connectivity index (χ2v) is 7.16. The smallest absolute Gasteiger partial charge is 0.480 e. The molecule has 0 radical (unpaired) electrons. The zero-order valence-corrected chi connectivity index (χ0v) is 17.6. The van der Waals surface area contributed by atoms with E-state index in [1.54, 1.807) is 13.8 Å². The van der Waals surface area contributed by atoms with Crippen molar-refractivity contribution < 1.29 is 43.2 Å². The lowest BCUT2D eigenvalue weighted by atomic mass is 9.86. The summed E-state index contributed by atoms with van der Waals surface area (Å²) in [7, 11) is 0. The Morgan fingerprint density at radius 3 is 2.07 bits per heavy atom. The number of nitrogens with two attached hydrogens (primary N) is 1. The van der Waals surface area contributed by atoms with Gasteiger partial charge in [-0.05, 0) is 38.5 Å². The minimum Gasteiger partial charge on any atom is -0.480 e. The number of esters is 2. The Labute approximate surface area is 174 Å². The maximum absolute atomic E-state index is 11.8. The van der Waals surface area contributed by atoms with Gasteiger partial charge in [0.25, 0.3) is 0 Å². The van der Waals surface area contributed by atoms with Crippen LogP contribution in [0.3, 0.4) is 0 Å². The number of carbonyl (C=O) groups is 4. The number of carbonyl (C=O) groups excluding carboxylic acids is 3. The summed E-state index contributed by atoms with van der Waals surface area (Å²) < 4.78 is 20.0. The van der Waals surface area contributed by atoms with Crippen molar-refractivity contribution in [1.82, 2.24) is 0 Å². The van der Waals surface area contributed by atoms with E-state index in [2.05, 4.69) is 0 Å². The van der Waals surface area contributed by atoms with Crippen molar-refractivity contribution in [3.05, 3.63) is 23.8 Å². The number of hydrogen-bond donors (Lipinski definition) is 2. The van der Waals surface area contributed by atoms with Crippen molar-refractivity contribution in [2.24, 2.45) is 5.73 Å². The van der Waals surface area contributed by atoms with Crippen LogP contribution in [-0.4, -0.2) is 46.9 Å². The average Bonchev–Trinajstić information content (AvgIpc) is 2.54. The van der Waals surface area contributed by atoms with Gasteiger partial charge in [-0.25, -0.2) is 4.79 Å². The number of benzene rings is 1. The molecule has 0 saturated carbocycles. The molecule has 2 atom stereocenters. The van der Waals surface area contributed by atoms with Gasteiger partial charge in [0.05, 0.1) is 6.10 Å². The Kier molecular flexibility index (Phi) is 8.78. The largest absolute Gasteiger partial charge is 0.508 e. The van der Waals surface area contributed by atoms with Crippen molar-refractivity contribution >= 4 is 24.1 Å². The molecule has 166 valence electrons. The van der Waals surface area contributed by atoms with Crippen LogP contribution >= 0.6 is 0 Å². The van der Waals surface area contributed by atoms with E-state index in [0.29, 0.717) is 5.56 Å². The van der Waals surface area contributed by atoms with Gasteiger partial charge in [0.15, 0.2) is 11.5 Å². The third kappa shape index (κ3) is 8.08. The lowest BCUT2D eigenvalue weighted by Crippen LogP contribution is -2.52. The second-order valence-electron chi connectivity index (χ2n) is 7.16. The van der Waals surface area contributed by atoms with E-state index >= 15 is 0 Å². The molecule has 1 aromatic rings. The SMILES string of the molecule is CC(=O)Oc1ccc(CC(N)(C[C@H](C)OC(=O)OC(C)C)C(=O)O)cc1OC(C)=O. The minimum atomic E-state index is -1.80. The Morgan fingerprint density at radius 1 is 1.00 bits per heavy atom. The van der Waals surface area contributed by atoms with Crippen LogP contribution in [0.4, 0.5) is 4.79 Å². The van der Waals surface area contributed by atoms with Gasteiger partial charge in [0.2, 0.25) is 0 Å². The zero-order chi connectivity index (χ0) is 23.1. The number of hydrogen-bond acceptors (Lipinski definition) is 9. The number of carboxylic acids is 1. The molecule has 0 saturated heterocycles. The van der Waals surface area contributed by atoms with Gasteiger partial charge in [-0.2, -0.15) is 0 Å². The molecule has 0 aliphatic rings. The Hall–Kier alpha value is -3.14. The van der Waals surface area contributed by atoms with E-state index in [4.69, 9.17) is 24.7 Å². The van der Waals surface area contributed by atoms with Crippen LogP contribution in [0.2, 0.25) is 0 Å². The standard InChI is InChI=1S/C20H27NO9/c1-11(2)27-19(26)28-12(3)9-20(21,18(24)25)10-15-6-7-16(29-13(4)22)17(8-15)30-14(5)23/h6-8,11-12H,9-10,21H2,1-5H3,(H,24,25)/t12-,20?/m0/s1. The number of carboxylic acid groups (broad SMARTS) is 1. The molecular weight excluding hydrogens is 398 g/mol. The first kappa shape index (κ1) is 24.9. The van der Waals surface area contributed by atoms with Crippen molar-refractivity contribution in [3.8, 4) is 11.5 Å². The molecule has 0 heterocycles. The average molecular weight is 425 g/mol. The molecular formula is C20H27NO9. The molecule has 0 aliphatic carbocycles. The molecule has 0 amide bonds. The summed E-state index contributed by atoms with van der Waals surface area (Å²) in [5.74, 6) is -2.62. The van der Waals surface area contributed by atoms with Crippen LogP contribution in [0.15, 0.2) is 18.2 Å². The monoisotopic (exact) mass is 425 g/mol. The van der Waals surface area contributed by atoms with Crippen LogP contribution in [0.5, 0.6) is 11.5 Å². The van der Waals surface area contributed by atoms with Crippen molar-refractivity contribution in [2.45, 2.75) is 65.2 Å². The van der Waals surface area contributed by atoms with E-state index in [1.807, 2.05) is 0 Å². The number of aliphatic carboxylic acids is 1. The highest BCUT2D eigenvalue weighted by molar-refractivity contribution is 5.79. The molecule has 0 bridgehead atoms. The van der Waals surface area contributed by atoms with Crippen molar-refractivity contribution in [1.29, 1.82) is 0 Å². The highest BCUT2D eigenvalue weighted by Crippen LogP contribution is 2.31. The quantitative estimate of drug-likeness (QED) is 0.445. The van der Waals surface area contributed by atoms with E-state index in [-0.39, 0.29) is 30.4 Å². The molecule has 0 spiro atoms. The van der Waals surface area contributed by atoms with Crippen LogP contribution in [-0.2, 0) is 30.3 Å². The first-order valence-corrected chi connectivity index (χ1v) is 9.21. The molecule has 10 nitrogen and oxygen atoms in total. The van der Waals surface area contributed by atoms with E-state index in [0.717, 1.165) is 0 Å². The maximum Gasteiger partial charge on any atom is 0.508 e. The maximum atomic E-state index is 11.8. The molecule has 3 N–H and O–H groups in total. The Balaban J connectivity index is 3.05. The predicted molar refractivity (Wildman–Crippen MR) is 104 cm³/mol. The third-order valence-electron chi connectivity index (χ3n) is 3.74. The fourth-order valence-electron chi connectivity index (χ4n) is 2.67. The van der Waals surface area contributed by atoms with Crippen molar-refractivity contribution in [2.75, 3.05) is 0 Å². The summed E-state index contributed by atoms with van der Waals surface area (Å²) in [4.78, 5) is 46.0. The van der Waals surface area contributed by atoms with Crippen LogP contribution < -0.4 is 15.2 Å². The molecule has 30 heavy (non-hydrogen) atoms. The summed E-state index contributed by atoms with van der Waals surface area (Å²) in [6.45, 7) is 7.16. The van der Waals surface area contributed by atoms with E-state index in [1.165, 1.54) is 39.0 Å². The number of rotatable bonds is 9. The van der Waals surface area contributed by atoms with Crippen LogP contribution in [0, 0.1) is 0 Å². The third-order valence-corrected chi connectivity index (χ3v) is 3.74. The first-order chi connectivity index (χ1) is 13.8.